The summed E-state index contributed by atoms with van der Waals surface area (Å²) in [4.78, 5) is 23.8. The average molecular weight is 513 g/mol. The molecule has 1 N–H and O–H groups in total. The fraction of sp³-hybridized carbons (Fsp3) is 0.935. The first-order chi connectivity index (χ1) is 17.5. The summed E-state index contributed by atoms with van der Waals surface area (Å²) in [6, 6.07) is 0. The molecule has 0 unspecified atom stereocenters. The molecule has 5 nitrogen and oxygen atoms in total. The van der Waals surface area contributed by atoms with E-state index in [4.69, 9.17) is 9.47 Å². The molecule has 0 aliphatic heterocycles. The molecule has 0 aromatic heterocycles. The summed E-state index contributed by atoms with van der Waals surface area (Å²) in [5.41, 5.74) is 0. The fourth-order valence-electron chi connectivity index (χ4n) is 4.44. The van der Waals surface area contributed by atoms with Crippen molar-refractivity contribution in [2.45, 2.75) is 168 Å². The van der Waals surface area contributed by atoms with Gasteiger partial charge in [-0.05, 0) is 18.8 Å². The zero-order valence-corrected chi connectivity index (χ0v) is 24.2. The second-order valence-corrected chi connectivity index (χ2v) is 11.0. The van der Waals surface area contributed by atoms with Gasteiger partial charge in [-0.3, -0.25) is 9.59 Å². The monoisotopic (exact) mass is 512 g/mol. The lowest BCUT2D eigenvalue weighted by atomic mass is 10.0. The molecule has 0 aliphatic carbocycles. The highest BCUT2D eigenvalue weighted by atomic mass is 16.6. The second-order valence-electron chi connectivity index (χ2n) is 11.0. The van der Waals surface area contributed by atoms with Gasteiger partial charge in [0, 0.05) is 12.8 Å². The SMILES string of the molecule is CCCCCCCC(=O)OC[C@H](CO)OC(=O)CCCCCCCCCCCCCCCCC(C)C. The van der Waals surface area contributed by atoms with Crippen molar-refractivity contribution in [2.75, 3.05) is 13.2 Å². The van der Waals surface area contributed by atoms with Crippen LogP contribution in [0.2, 0.25) is 0 Å². The van der Waals surface area contributed by atoms with Crippen molar-refractivity contribution in [1.29, 1.82) is 0 Å². The number of ether oxygens (including phenoxy) is 2. The molecule has 0 aromatic rings. The number of hydrogen-bond acceptors (Lipinski definition) is 5. The lowest BCUT2D eigenvalue weighted by Gasteiger charge is -2.15. The number of hydrogen-bond donors (Lipinski definition) is 1. The molecule has 0 spiro atoms. The van der Waals surface area contributed by atoms with Crippen molar-refractivity contribution in [3.63, 3.8) is 0 Å². The van der Waals surface area contributed by atoms with Crippen molar-refractivity contribution < 1.29 is 24.2 Å². The van der Waals surface area contributed by atoms with E-state index in [-0.39, 0.29) is 25.2 Å². The Morgan fingerprint density at radius 2 is 1.03 bits per heavy atom. The first-order valence-electron chi connectivity index (χ1n) is 15.5. The Hall–Kier alpha value is -1.10. The van der Waals surface area contributed by atoms with Crippen LogP contribution in [0, 0.1) is 5.92 Å². The Morgan fingerprint density at radius 1 is 0.611 bits per heavy atom. The average Bonchev–Trinajstić information content (AvgIpc) is 2.85. The van der Waals surface area contributed by atoms with Crippen molar-refractivity contribution in [3.05, 3.63) is 0 Å². The molecule has 0 fully saturated rings. The number of carbonyl (C=O) groups excluding carboxylic acids is 2. The lowest BCUT2D eigenvalue weighted by molar-refractivity contribution is -0.161. The van der Waals surface area contributed by atoms with Crippen LogP contribution in [-0.2, 0) is 19.1 Å². The molecule has 36 heavy (non-hydrogen) atoms. The summed E-state index contributed by atoms with van der Waals surface area (Å²) in [7, 11) is 0. The summed E-state index contributed by atoms with van der Waals surface area (Å²) in [6.45, 7) is 6.39. The van der Waals surface area contributed by atoms with Crippen molar-refractivity contribution in [3.8, 4) is 0 Å². The van der Waals surface area contributed by atoms with Gasteiger partial charge in [0.1, 0.15) is 6.61 Å². The van der Waals surface area contributed by atoms with E-state index in [1.165, 1.54) is 89.9 Å². The highest BCUT2D eigenvalue weighted by Gasteiger charge is 2.16. The van der Waals surface area contributed by atoms with E-state index in [2.05, 4.69) is 20.8 Å². The van der Waals surface area contributed by atoms with Crippen LogP contribution in [0.15, 0.2) is 0 Å². The van der Waals surface area contributed by atoms with Crippen LogP contribution in [0.1, 0.15) is 162 Å². The van der Waals surface area contributed by atoms with E-state index < -0.39 is 6.10 Å². The highest BCUT2D eigenvalue weighted by molar-refractivity contribution is 5.70. The molecule has 0 amide bonds. The van der Waals surface area contributed by atoms with E-state index >= 15 is 0 Å². The van der Waals surface area contributed by atoms with Gasteiger partial charge in [-0.1, -0.05) is 136 Å². The van der Waals surface area contributed by atoms with Crippen molar-refractivity contribution >= 4 is 11.9 Å². The maximum absolute atomic E-state index is 12.0. The van der Waals surface area contributed by atoms with Gasteiger partial charge in [0.15, 0.2) is 6.10 Å². The summed E-state index contributed by atoms with van der Waals surface area (Å²) in [5.74, 6) is 0.253. The van der Waals surface area contributed by atoms with Crippen LogP contribution in [0.4, 0.5) is 0 Å². The van der Waals surface area contributed by atoms with Gasteiger partial charge in [0.2, 0.25) is 0 Å². The Morgan fingerprint density at radius 3 is 1.47 bits per heavy atom. The third-order valence-corrected chi connectivity index (χ3v) is 6.83. The van der Waals surface area contributed by atoms with Gasteiger partial charge < -0.3 is 14.6 Å². The van der Waals surface area contributed by atoms with Gasteiger partial charge in [0.25, 0.3) is 0 Å². The molecule has 214 valence electrons. The number of aliphatic hydroxyl groups excluding tert-OH is 1. The van der Waals surface area contributed by atoms with Crippen LogP contribution in [0.3, 0.4) is 0 Å². The lowest BCUT2D eigenvalue weighted by Crippen LogP contribution is -2.28. The second kappa shape index (κ2) is 26.9. The largest absolute Gasteiger partial charge is 0.462 e. The van der Waals surface area contributed by atoms with Crippen molar-refractivity contribution in [1.82, 2.24) is 0 Å². The first-order valence-corrected chi connectivity index (χ1v) is 15.5. The molecule has 0 bridgehead atoms. The summed E-state index contributed by atoms with van der Waals surface area (Å²) in [5, 5.41) is 9.41. The van der Waals surface area contributed by atoms with Crippen LogP contribution in [0.25, 0.3) is 0 Å². The van der Waals surface area contributed by atoms with E-state index in [1.54, 1.807) is 0 Å². The van der Waals surface area contributed by atoms with Crippen LogP contribution >= 0.6 is 0 Å². The molecule has 0 aromatic carbocycles. The Bertz CT molecular complexity index is 491. The number of esters is 2. The molecule has 0 radical (unpaired) electrons. The topological polar surface area (TPSA) is 72.8 Å². The van der Waals surface area contributed by atoms with Crippen LogP contribution in [0.5, 0.6) is 0 Å². The van der Waals surface area contributed by atoms with E-state index in [0.717, 1.165) is 44.4 Å². The minimum atomic E-state index is -0.758. The number of carbonyl (C=O) groups is 2. The minimum Gasteiger partial charge on any atom is -0.462 e. The summed E-state index contributed by atoms with van der Waals surface area (Å²) in [6.07, 6.45) is 24.7. The van der Waals surface area contributed by atoms with E-state index in [1.807, 2.05) is 0 Å². The number of aliphatic hydroxyl groups is 1. The van der Waals surface area contributed by atoms with Crippen LogP contribution < -0.4 is 0 Å². The molecule has 0 saturated carbocycles. The predicted molar refractivity (Wildman–Crippen MR) is 150 cm³/mol. The quantitative estimate of drug-likeness (QED) is 0.0880. The Balaban J connectivity index is 3.48. The van der Waals surface area contributed by atoms with Crippen molar-refractivity contribution in [2.24, 2.45) is 5.92 Å². The molecule has 0 rings (SSSR count). The first kappa shape index (κ1) is 34.9. The van der Waals surface area contributed by atoms with E-state index in [0.29, 0.717) is 12.8 Å². The predicted octanol–water partition coefficient (Wildman–Crippen LogP) is 8.69. The normalized spacial score (nSPS) is 12.1. The number of unbranched alkanes of at least 4 members (excludes halogenated alkanes) is 17. The Labute approximate surface area is 223 Å². The Kier molecular flexibility index (Phi) is 26.1. The highest BCUT2D eigenvalue weighted by Crippen LogP contribution is 2.15. The third kappa shape index (κ3) is 26.0. The minimum absolute atomic E-state index is 0.0612. The molecular formula is C31H60O5. The van der Waals surface area contributed by atoms with Gasteiger partial charge in [0.05, 0.1) is 6.61 Å². The smallest absolute Gasteiger partial charge is 0.306 e. The van der Waals surface area contributed by atoms with Crippen LogP contribution in [-0.4, -0.2) is 36.4 Å². The third-order valence-electron chi connectivity index (χ3n) is 6.83. The maximum atomic E-state index is 12.0. The molecule has 5 heteroatoms. The standard InChI is InChI=1S/C31H60O5/c1-4-5-6-17-21-24-30(33)35-27-29(26-32)36-31(34)25-22-19-16-14-12-10-8-7-9-11-13-15-18-20-23-28(2)3/h28-29,32H,4-27H2,1-3H3/t29-/m0/s1. The van der Waals surface area contributed by atoms with Gasteiger partial charge >= 0.3 is 11.9 Å². The fourth-order valence-corrected chi connectivity index (χ4v) is 4.44. The van der Waals surface area contributed by atoms with Gasteiger partial charge in [-0.25, -0.2) is 0 Å². The summed E-state index contributed by atoms with van der Waals surface area (Å²) >= 11 is 0. The van der Waals surface area contributed by atoms with E-state index in [9.17, 15) is 14.7 Å². The molecular weight excluding hydrogens is 452 g/mol. The molecule has 0 heterocycles. The van der Waals surface area contributed by atoms with Gasteiger partial charge in [-0.2, -0.15) is 0 Å². The molecule has 0 aliphatic rings. The zero-order chi connectivity index (χ0) is 26.7. The molecule has 1 atom stereocenters. The maximum Gasteiger partial charge on any atom is 0.306 e. The molecule has 0 saturated heterocycles. The van der Waals surface area contributed by atoms with Gasteiger partial charge in [-0.15, -0.1) is 0 Å². The number of rotatable bonds is 27. The zero-order valence-electron chi connectivity index (χ0n) is 24.2. The summed E-state index contributed by atoms with van der Waals surface area (Å²) < 4.78 is 10.4.